The molecule has 1 rings (SSSR count). The van der Waals surface area contributed by atoms with E-state index in [1.54, 1.807) is 7.05 Å². The summed E-state index contributed by atoms with van der Waals surface area (Å²) in [5, 5.41) is 2.56. The van der Waals surface area contributed by atoms with Crippen molar-refractivity contribution in [1.82, 2.24) is 5.32 Å². The Morgan fingerprint density at radius 2 is 2.23 bits per heavy atom. The second kappa shape index (κ2) is 4.32. The Morgan fingerprint density at radius 1 is 1.54 bits per heavy atom. The topological polar surface area (TPSA) is 29.1 Å². The molecule has 1 aromatic carbocycles. The molecule has 0 aliphatic carbocycles. The number of amides is 1. The molecule has 2 heteroatoms. The van der Waals surface area contributed by atoms with Crippen molar-refractivity contribution >= 4 is 5.91 Å². The number of terminal acetylenes is 1. The highest BCUT2D eigenvalue weighted by molar-refractivity contribution is 5.78. The summed E-state index contributed by atoms with van der Waals surface area (Å²) in [4.78, 5) is 11.1. The minimum Gasteiger partial charge on any atom is -0.359 e. The van der Waals surface area contributed by atoms with Gasteiger partial charge in [-0.25, -0.2) is 0 Å². The summed E-state index contributed by atoms with van der Waals surface area (Å²) in [6, 6.07) is 7.43. The first-order valence-electron chi connectivity index (χ1n) is 4.03. The average molecular weight is 173 g/mol. The van der Waals surface area contributed by atoms with Crippen molar-refractivity contribution in [3.8, 4) is 12.3 Å². The number of hydrogen-bond acceptors (Lipinski definition) is 1. The molecule has 1 amide bonds. The van der Waals surface area contributed by atoms with Crippen molar-refractivity contribution in [2.45, 2.75) is 6.42 Å². The van der Waals surface area contributed by atoms with Crippen molar-refractivity contribution in [3.63, 3.8) is 0 Å². The van der Waals surface area contributed by atoms with Crippen LogP contribution in [0, 0.1) is 12.3 Å². The number of hydrogen-bond donors (Lipinski definition) is 1. The first-order chi connectivity index (χ1) is 6.27. The van der Waals surface area contributed by atoms with Gasteiger partial charge >= 0.3 is 0 Å². The lowest BCUT2D eigenvalue weighted by Crippen LogP contribution is -2.20. The van der Waals surface area contributed by atoms with Gasteiger partial charge in [0.25, 0.3) is 0 Å². The summed E-state index contributed by atoms with van der Waals surface area (Å²) in [6.07, 6.45) is 5.63. The first kappa shape index (κ1) is 9.34. The van der Waals surface area contributed by atoms with Gasteiger partial charge in [0.05, 0.1) is 6.42 Å². The molecule has 0 atom stereocenters. The van der Waals surface area contributed by atoms with Crippen LogP contribution in [0.5, 0.6) is 0 Å². The van der Waals surface area contributed by atoms with E-state index < -0.39 is 0 Å². The Labute approximate surface area is 78.0 Å². The maximum Gasteiger partial charge on any atom is 0.224 e. The molecule has 0 bridgehead atoms. The van der Waals surface area contributed by atoms with Crippen LogP contribution in [-0.2, 0) is 11.2 Å². The van der Waals surface area contributed by atoms with Gasteiger partial charge in [-0.15, -0.1) is 6.42 Å². The molecule has 0 aromatic heterocycles. The van der Waals surface area contributed by atoms with Crippen LogP contribution in [0.15, 0.2) is 24.3 Å². The minimum absolute atomic E-state index is 0.0253. The quantitative estimate of drug-likeness (QED) is 0.663. The van der Waals surface area contributed by atoms with E-state index in [4.69, 9.17) is 6.42 Å². The molecule has 0 aliphatic heterocycles. The third-order valence-electron chi connectivity index (χ3n) is 1.80. The summed E-state index contributed by atoms with van der Waals surface area (Å²) >= 11 is 0. The van der Waals surface area contributed by atoms with Crippen molar-refractivity contribution < 1.29 is 4.79 Å². The molecule has 2 nitrogen and oxygen atoms in total. The van der Waals surface area contributed by atoms with Crippen LogP contribution < -0.4 is 5.32 Å². The number of carbonyl (C=O) groups is 1. The maximum atomic E-state index is 11.1. The molecule has 13 heavy (non-hydrogen) atoms. The number of carbonyl (C=O) groups excluding carboxylic acids is 1. The van der Waals surface area contributed by atoms with Crippen LogP contribution in [0.4, 0.5) is 0 Å². The number of benzene rings is 1. The second-order valence-electron chi connectivity index (χ2n) is 2.65. The van der Waals surface area contributed by atoms with E-state index >= 15 is 0 Å². The van der Waals surface area contributed by atoms with Crippen LogP contribution in [-0.4, -0.2) is 13.0 Å². The first-order valence-corrected chi connectivity index (χ1v) is 4.03. The minimum atomic E-state index is -0.0253. The SMILES string of the molecule is C#Cc1ccccc1CC(=O)NC. The summed E-state index contributed by atoms with van der Waals surface area (Å²) in [6.45, 7) is 0. The van der Waals surface area contributed by atoms with E-state index in [1.807, 2.05) is 24.3 Å². The molecule has 0 spiro atoms. The molecular formula is C11H11NO. The van der Waals surface area contributed by atoms with Gasteiger partial charge in [-0.05, 0) is 11.6 Å². The Hall–Kier alpha value is -1.75. The van der Waals surface area contributed by atoms with Crippen molar-refractivity contribution in [3.05, 3.63) is 35.4 Å². The van der Waals surface area contributed by atoms with Gasteiger partial charge in [-0.3, -0.25) is 4.79 Å². The van der Waals surface area contributed by atoms with E-state index in [-0.39, 0.29) is 5.91 Å². The molecule has 0 saturated carbocycles. The average Bonchev–Trinajstić information content (AvgIpc) is 2.18. The van der Waals surface area contributed by atoms with Gasteiger partial charge in [-0.2, -0.15) is 0 Å². The molecule has 0 unspecified atom stereocenters. The van der Waals surface area contributed by atoms with E-state index in [2.05, 4.69) is 11.2 Å². The number of rotatable bonds is 2. The number of likely N-dealkylation sites (N-methyl/N-ethyl adjacent to an activating group) is 1. The normalized spacial score (nSPS) is 8.92. The Bertz CT molecular complexity index is 349. The van der Waals surface area contributed by atoms with Crippen LogP contribution in [0.2, 0.25) is 0 Å². The predicted octanol–water partition coefficient (Wildman–Crippen LogP) is 0.956. The molecule has 1 aromatic rings. The lowest BCUT2D eigenvalue weighted by Gasteiger charge is -2.02. The molecular weight excluding hydrogens is 162 g/mol. The highest BCUT2D eigenvalue weighted by Crippen LogP contribution is 2.07. The molecule has 0 saturated heterocycles. The van der Waals surface area contributed by atoms with Crippen LogP contribution in [0.1, 0.15) is 11.1 Å². The summed E-state index contributed by atoms with van der Waals surface area (Å²) in [7, 11) is 1.61. The van der Waals surface area contributed by atoms with Gasteiger partial charge < -0.3 is 5.32 Å². The monoisotopic (exact) mass is 173 g/mol. The van der Waals surface area contributed by atoms with E-state index in [0.29, 0.717) is 6.42 Å². The zero-order valence-corrected chi connectivity index (χ0v) is 7.50. The summed E-state index contributed by atoms with van der Waals surface area (Å²) in [5.41, 5.74) is 1.68. The van der Waals surface area contributed by atoms with E-state index in [1.165, 1.54) is 0 Å². The highest BCUT2D eigenvalue weighted by atomic mass is 16.1. The molecule has 0 heterocycles. The van der Waals surface area contributed by atoms with Gasteiger partial charge in [-0.1, -0.05) is 24.1 Å². The van der Waals surface area contributed by atoms with Crippen LogP contribution >= 0.6 is 0 Å². The van der Waals surface area contributed by atoms with Gasteiger partial charge in [0.2, 0.25) is 5.91 Å². The van der Waals surface area contributed by atoms with Gasteiger partial charge in [0, 0.05) is 12.6 Å². The fourth-order valence-corrected chi connectivity index (χ4v) is 1.08. The van der Waals surface area contributed by atoms with E-state index in [9.17, 15) is 4.79 Å². The smallest absolute Gasteiger partial charge is 0.224 e. The molecule has 0 radical (unpaired) electrons. The van der Waals surface area contributed by atoms with Gasteiger partial charge in [0.15, 0.2) is 0 Å². The molecule has 0 fully saturated rings. The zero-order valence-electron chi connectivity index (χ0n) is 7.50. The third kappa shape index (κ3) is 2.34. The van der Waals surface area contributed by atoms with Crippen LogP contribution in [0.25, 0.3) is 0 Å². The van der Waals surface area contributed by atoms with Crippen molar-refractivity contribution in [2.24, 2.45) is 0 Å². The fourth-order valence-electron chi connectivity index (χ4n) is 1.08. The Morgan fingerprint density at radius 3 is 2.85 bits per heavy atom. The molecule has 66 valence electrons. The molecule has 0 aliphatic rings. The zero-order chi connectivity index (χ0) is 9.68. The van der Waals surface area contributed by atoms with Gasteiger partial charge in [0.1, 0.15) is 0 Å². The van der Waals surface area contributed by atoms with Crippen LogP contribution in [0.3, 0.4) is 0 Å². The predicted molar refractivity (Wildman–Crippen MR) is 52.1 cm³/mol. The Balaban J connectivity index is 2.89. The standard InChI is InChI=1S/C11H11NO/c1-3-9-6-4-5-7-10(9)8-11(13)12-2/h1,4-7H,8H2,2H3,(H,12,13). The number of nitrogens with one attached hydrogen (secondary N) is 1. The summed E-state index contributed by atoms with van der Waals surface area (Å²) in [5.74, 6) is 2.52. The fraction of sp³-hybridized carbons (Fsp3) is 0.182. The van der Waals surface area contributed by atoms with Crippen molar-refractivity contribution in [2.75, 3.05) is 7.05 Å². The highest BCUT2D eigenvalue weighted by Gasteiger charge is 2.03. The Kier molecular flexibility index (Phi) is 3.10. The third-order valence-corrected chi connectivity index (χ3v) is 1.80. The second-order valence-corrected chi connectivity index (χ2v) is 2.65. The largest absolute Gasteiger partial charge is 0.359 e. The molecule has 1 N–H and O–H groups in total. The van der Waals surface area contributed by atoms with E-state index in [0.717, 1.165) is 11.1 Å². The lowest BCUT2D eigenvalue weighted by molar-refractivity contribution is -0.119. The lowest BCUT2D eigenvalue weighted by atomic mass is 10.1. The summed E-state index contributed by atoms with van der Waals surface area (Å²) < 4.78 is 0. The maximum absolute atomic E-state index is 11.1. The van der Waals surface area contributed by atoms with Crippen molar-refractivity contribution in [1.29, 1.82) is 0 Å².